The molecule has 0 aromatic carbocycles. The minimum Gasteiger partial charge on any atom is -0.394 e. The number of aliphatic hydroxyl groups excluding tert-OH is 1. The zero-order valence-corrected chi connectivity index (χ0v) is 9.38. The second-order valence-electron chi connectivity index (χ2n) is 3.56. The third kappa shape index (κ3) is 9.21. The van der Waals surface area contributed by atoms with E-state index in [0.29, 0.717) is 6.54 Å². The quantitative estimate of drug-likeness (QED) is 0.515. The molecule has 0 saturated heterocycles. The number of carbonyl (C=O) groups is 2. The lowest BCUT2D eigenvalue weighted by molar-refractivity contribution is -0.120. The molecule has 0 heterocycles. The van der Waals surface area contributed by atoms with E-state index < -0.39 is 0 Å². The van der Waals surface area contributed by atoms with Gasteiger partial charge >= 0.3 is 0 Å². The third-order valence-corrected chi connectivity index (χ3v) is 1.98. The van der Waals surface area contributed by atoms with Crippen LogP contribution in [0.3, 0.4) is 0 Å². The van der Waals surface area contributed by atoms with Crippen LogP contribution in [0.5, 0.6) is 0 Å². The smallest absolute Gasteiger partial charge is 0.217 e. The average molecular weight is 216 g/mol. The van der Waals surface area contributed by atoms with E-state index in [4.69, 9.17) is 5.11 Å². The first-order valence-electron chi connectivity index (χ1n) is 5.18. The van der Waals surface area contributed by atoms with Crippen LogP contribution in [-0.2, 0) is 9.59 Å². The fourth-order valence-electron chi connectivity index (χ4n) is 1.28. The molecule has 0 saturated carbocycles. The van der Waals surface area contributed by atoms with Crippen LogP contribution < -0.4 is 10.6 Å². The third-order valence-electron chi connectivity index (χ3n) is 1.98. The zero-order valence-electron chi connectivity index (χ0n) is 9.38. The molecule has 0 aliphatic carbocycles. The van der Waals surface area contributed by atoms with E-state index in [0.717, 1.165) is 19.3 Å². The van der Waals surface area contributed by atoms with Crippen LogP contribution in [0.25, 0.3) is 0 Å². The van der Waals surface area contributed by atoms with E-state index in [-0.39, 0.29) is 24.5 Å². The minimum absolute atomic E-state index is 0.0319. The standard InChI is InChI=1S/C10H20N2O3/c1-8(14)11-6-4-3-5-10(7-13)12-9(2)15/h10,13H,3-7H2,1-2H3,(H,11,14)(H,12,15). The van der Waals surface area contributed by atoms with Gasteiger partial charge in [0.25, 0.3) is 0 Å². The van der Waals surface area contributed by atoms with E-state index in [1.54, 1.807) is 0 Å². The first kappa shape index (κ1) is 13.9. The van der Waals surface area contributed by atoms with Crippen molar-refractivity contribution in [1.29, 1.82) is 0 Å². The number of hydrogen-bond donors (Lipinski definition) is 3. The lowest BCUT2D eigenvalue weighted by atomic mass is 10.1. The van der Waals surface area contributed by atoms with Crippen molar-refractivity contribution in [3.63, 3.8) is 0 Å². The molecule has 0 fully saturated rings. The fraction of sp³-hybridized carbons (Fsp3) is 0.800. The SMILES string of the molecule is CC(=O)NCCCCC(CO)NC(C)=O. The van der Waals surface area contributed by atoms with Gasteiger partial charge in [0, 0.05) is 20.4 Å². The molecule has 5 nitrogen and oxygen atoms in total. The topological polar surface area (TPSA) is 78.4 Å². The molecular weight excluding hydrogens is 196 g/mol. The molecular formula is C10H20N2O3. The molecule has 0 spiro atoms. The molecule has 0 aromatic heterocycles. The van der Waals surface area contributed by atoms with Crippen molar-refractivity contribution in [3.05, 3.63) is 0 Å². The maximum Gasteiger partial charge on any atom is 0.217 e. The maximum absolute atomic E-state index is 10.7. The summed E-state index contributed by atoms with van der Waals surface area (Å²) in [6, 6.07) is -0.167. The minimum atomic E-state index is -0.167. The Hall–Kier alpha value is -1.10. The summed E-state index contributed by atoms with van der Waals surface area (Å²) in [6.45, 7) is 3.51. The van der Waals surface area contributed by atoms with Crippen LogP contribution in [0.2, 0.25) is 0 Å². The van der Waals surface area contributed by atoms with Gasteiger partial charge in [0.2, 0.25) is 11.8 Å². The predicted molar refractivity (Wildman–Crippen MR) is 57.2 cm³/mol. The highest BCUT2D eigenvalue weighted by molar-refractivity contribution is 5.73. The van der Waals surface area contributed by atoms with Gasteiger partial charge in [-0.1, -0.05) is 0 Å². The number of unbranched alkanes of at least 4 members (excludes halogenated alkanes) is 1. The normalized spacial score (nSPS) is 11.9. The van der Waals surface area contributed by atoms with E-state index in [1.165, 1.54) is 13.8 Å². The van der Waals surface area contributed by atoms with Crippen molar-refractivity contribution in [3.8, 4) is 0 Å². The largest absolute Gasteiger partial charge is 0.394 e. The van der Waals surface area contributed by atoms with E-state index in [9.17, 15) is 9.59 Å². The molecule has 1 atom stereocenters. The van der Waals surface area contributed by atoms with Gasteiger partial charge in [-0.25, -0.2) is 0 Å². The molecule has 0 bridgehead atoms. The van der Waals surface area contributed by atoms with Crippen LogP contribution >= 0.6 is 0 Å². The monoisotopic (exact) mass is 216 g/mol. The number of hydrogen-bond acceptors (Lipinski definition) is 3. The lowest BCUT2D eigenvalue weighted by Crippen LogP contribution is -2.36. The Bertz CT molecular complexity index is 207. The number of rotatable bonds is 7. The van der Waals surface area contributed by atoms with Crippen molar-refractivity contribution in [2.75, 3.05) is 13.2 Å². The number of amides is 2. The summed E-state index contributed by atoms with van der Waals surface area (Å²) in [6.07, 6.45) is 2.46. The van der Waals surface area contributed by atoms with Crippen LogP contribution in [-0.4, -0.2) is 36.1 Å². The van der Waals surface area contributed by atoms with Gasteiger partial charge in [0.05, 0.1) is 12.6 Å². The summed E-state index contributed by atoms with van der Waals surface area (Å²) < 4.78 is 0. The molecule has 2 amide bonds. The molecule has 0 radical (unpaired) electrons. The Balaban J connectivity index is 3.46. The molecule has 1 unspecified atom stereocenters. The van der Waals surface area contributed by atoms with Gasteiger partial charge in [-0.05, 0) is 19.3 Å². The second kappa shape index (κ2) is 8.23. The highest BCUT2D eigenvalue weighted by Crippen LogP contribution is 1.99. The average Bonchev–Trinajstić information content (AvgIpc) is 2.14. The summed E-state index contributed by atoms with van der Waals surface area (Å²) >= 11 is 0. The summed E-state index contributed by atoms with van der Waals surface area (Å²) in [7, 11) is 0. The Morgan fingerprint density at radius 2 is 1.87 bits per heavy atom. The number of nitrogens with one attached hydrogen (secondary N) is 2. The first-order chi connectivity index (χ1) is 7.06. The fourth-order valence-corrected chi connectivity index (χ4v) is 1.28. The van der Waals surface area contributed by atoms with Gasteiger partial charge in [-0.15, -0.1) is 0 Å². The van der Waals surface area contributed by atoms with Gasteiger partial charge in [0.1, 0.15) is 0 Å². The van der Waals surface area contributed by atoms with Crippen LogP contribution in [0.1, 0.15) is 33.1 Å². The predicted octanol–water partition coefficient (Wildman–Crippen LogP) is -0.210. The van der Waals surface area contributed by atoms with Crippen LogP contribution in [0.15, 0.2) is 0 Å². The van der Waals surface area contributed by atoms with Crippen molar-refractivity contribution in [1.82, 2.24) is 10.6 Å². The van der Waals surface area contributed by atoms with Crippen molar-refractivity contribution in [2.45, 2.75) is 39.2 Å². The molecule has 88 valence electrons. The van der Waals surface area contributed by atoms with Gasteiger partial charge in [0.15, 0.2) is 0 Å². The van der Waals surface area contributed by atoms with Crippen LogP contribution in [0, 0.1) is 0 Å². The van der Waals surface area contributed by atoms with E-state index in [2.05, 4.69) is 10.6 Å². The molecule has 15 heavy (non-hydrogen) atoms. The maximum atomic E-state index is 10.7. The molecule has 0 aliphatic heterocycles. The summed E-state index contributed by atoms with van der Waals surface area (Å²) in [5.41, 5.74) is 0. The summed E-state index contributed by atoms with van der Waals surface area (Å²) in [4.78, 5) is 21.2. The summed E-state index contributed by atoms with van der Waals surface area (Å²) in [5.74, 6) is -0.161. The highest BCUT2D eigenvalue weighted by atomic mass is 16.3. The van der Waals surface area contributed by atoms with Gasteiger partial charge in [-0.3, -0.25) is 9.59 Å². The molecule has 3 N–H and O–H groups in total. The molecule has 5 heteroatoms. The summed E-state index contributed by atoms with van der Waals surface area (Å²) in [5, 5.41) is 14.3. The Labute approximate surface area is 90.2 Å². The first-order valence-corrected chi connectivity index (χ1v) is 5.18. The second-order valence-corrected chi connectivity index (χ2v) is 3.56. The zero-order chi connectivity index (χ0) is 11.7. The van der Waals surface area contributed by atoms with E-state index >= 15 is 0 Å². The van der Waals surface area contributed by atoms with Crippen molar-refractivity contribution in [2.24, 2.45) is 0 Å². The Kier molecular flexibility index (Phi) is 7.62. The molecule has 0 rings (SSSR count). The van der Waals surface area contributed by atoms with Crippen molar-refractivity contribution < 1.29 is 14.7 Å². The lowest BCUT2D eigenvalue weighted by Gasteiger charge is -2.14. The molecule has 0 aliphatic rings. The molecule has 0 aromatic rings. The van der Waals surface area contributed by atoms with Gasteiger partial charge in [-0.2, -0.15) is 0 Å². The van der Waals surface area contributed by atoms with Gasteiger partial charge < -0.3 is 15.7 Å². The number of aliphatic hydroxyl groups is 1. The Morgan fingerprint density at radius 3 is 2.33 bits per heavy atom. The highest BCUT2D eigenvalue weighted by Gasteiger charge is 2.07. The Morgan fingerprint density at radius 1 is 1.20 bits per heavy atom. The van der Waals surface area contributed by atoms with Crippen LogP contribution in [0.4, 0.5) is 0 Å². The van der Waals surface area contributed by atoms with Crippen molar-refractivity contribution >= 4 is 11.8 Å². The van der Waals surface area contributed by atoms with E-state index in [1.807, 2.05) is 0 Å². The number of carbonyl (C=O) groups excluding carboxylic acids is 2.